The van der Waals surface area contributed by atoms with Crippen LogP contribution in [0.3, 0.4) is 0 Å². The molecule has 0 amide bonds. The standard InChI is InChI=1S/C4H11NO3.C2H5N/c5-4(1-6,2-7)3-8;1-2-3-1/h6-8H,1-3,5H2;3H,1-2H2. The van der Waals surface area contributed by atoms with Crippen molar-refractivity contribution >= 4 is 0 Å². The molecule has 0 saturated carbocycles. The number of nitrogens with two attached hydrogens (primary N) is 1. The highest BCUT2D eigenvalue weighted by molar-refractivity contribution is 4.80. The van der Waals surface area contributed by atoms with Crippen LogP contribution in [0.5, 0.6) is 0 Å². The SMILES string of the molecule is C1CN1.NC(CO)(CO)CO. The Balaban J connectivity index is 0.000000271. The Hall–Kier alpha value is -0.200. The highest BCUT2D eigenvalue weighted by atomic mass is 16.3. The van der Waals surface area contributed by atoms with Gasteiger partial charge in [0, 0.05) is 13.1 Å². The Morgan fingerprint density at radius 2 is 1.36 bits per heavy atom. The minimum absolute atomic E-state index is 0.403. The lowest BCUT2D eigenvalue weighted by atomic mass is 10.1. The molecule has 0 bridgehead atoms. The quantitative estimate of drug-likeness (QED) is 0.291. The molecule has 1 aliphatic rings. The minimum Gasteiger partial charge on any atom is -0.394 e. The van der Waals surface area contributed by atoms with E-state index in [1.54, 1.807) is 0 Å². The molecule has 0 spiro atoms. The Kier molecular flexibility index (Phi) is 5.35. The van der Waals surface area contributed by atoms with Crippen LogP contribution in [0, 0.1) is 0 Å². The summed E-state index contributed by atoms with van der Waals surface area (Å²) in [7, 11) is 0. The summed E-state index contributed by atoms with van der Waals surface area (Å²) in [6.45, 7) is 1.29. The van der Waals surface area contributed by atoms with Gasteiger partial charge in [-0.1, -0.05) is 0 Å². The Bertz CT molecular complexity index is 82.8. The molecule has 1 aliphatic heterocycles. The first-order chi connectivity index (χ1) is 5.18. The zero-order chi connectivity index (χ0) is 8.74. The van der Waals surface area contributed by atoms with Crippen LogP contribution in [-0.2, 0) is 0 Å². The fourth-order valence-corrected chi connectivity index (χ4v) is 0.150. The van der Waals surface area contributed by atoms with Gasteiger partial charge in [0.05, 0.1) is 25.4 Å². The Labute approximate surface area is 65.8 Å². The number of nitrogens with one attached hydrogen (secondary N) is 1. The second-order valence-corrected chi connectivity index (χ2v) is 2.59. The summed E-state index contributed by atoms with van der Waals surface area (Å²) in [6.07, 6.45) is 0. The lowest BCUT2D eigenvalue weighted by Gasteiger charge is -2.20. The summed E-state index contributed by atoms with van der Waals surface area (Å²) in [5, 5.41) is 28.0. The molecular weight excluding hydrogens is 148 g/mol. The second-order valence-electron chi connectivity index (χ2n) is 2.59. The zero-order valence-corrected chi connectivity index (χ0v) is 6.45. The Morgan fingerprint density at radius 3 is 1.36 bits per heavy atom. The van der Waals surface area contributed by atoms with E-state index in [1.165, 1.54) is 13.1 Å². The monoisotopic (exact) mass is 164 g/mol. The van der Waals surface area contributed by atoms with Gasteiger partial charge in [-0.25, -0.2) is 0 Å². The molecule has 0 aliphatic carbocycles. The van der Waals surface area contributed by atoms with Gasteiger partial charge in [-0.05, 0) is 0 Å². The van der Waals surface area contributed by atoms with Crippen LogP contribution in [0.1, 0.15) is 0 Å². The molecule has 5 heteroatoms. The fraction of sp³-hybridized carbons (Fsp3) is 1.00. The third kappa shape index (κ3) is 6.21. The van der Waals surface area contributed by atoms with E-state index in [4.69, 9.17) is 21.1 Å². The van der Waals surface area contributed by atoms with E-state index in [1.807, 2.05) is 0 Å². The van der Waals surface area contributed by atoms with Crippen LogP contribution < -0.4 is 11.1 Å². The summed E-state index contributed by atoms with van der Waals surface area (Å²) in [4.78, 5) is 0. The molecular formula is C6H16N2O3. The van der Waals surface area contributed by atoms with Crippen molar-refractivity contribution in [3.05, 3.63) is 0 Å². The first-order valence-corrected chi connectivity index (χ1v) is 3.51. The van der Waals surface area contributed by atoms with Gasteiger partial charge in [-0.3, -0.25) is 0 Å². The van der Waals surface area contributed by atoms with Gasteiger partial charge in [-0.2, -0.15) is 0 Å². The molecule has 5 nitrogen and oxygen atoms in total. The number of hydrogen-bond acceptors (Lipinski definition) is 5. The van der Waals surface area contributed by atoms with Crippen LogP contribution in [0.15, 0.2) is 0 Å². The number of hydrogen-bond donors (Lipinski definition) is 5. The molecule has 0 aromatic heterocycles. The predicted molar refractivity (Wildman–Crippen MR) is 41.0 cm³/mol. The van der Waals surface area contributed by atoms with Gasteiger partial charge in [0.25, 0.3) is 0 Å². The summed E-state index contributed by atoms with van der Waals surface area (Å²) in [6, 6.07) is 0. The normalized spacial score (nSPS) is 15.3. The first-order valence-electron chi connectivity index (χ1n) is 3.51. The van der Waals surface area contributed by atoms with Crippen LogP contribution >= 0.6 is 0 Å². The molecule has 1 heterocycles. The van der Waals surface area contributed by atoms with Gasteiger partial charge in [0.1, 0.15) is 0 Å². The summed E-state index contributed by atoms with van der Waals surface area (Å²) in [5.41, 5.74) is 3.94. The molecule has 1 rings (SSSR count). The van der Waals surface area contributed by atoms with Crippen LogP contribution in [-0.4, -0.2) is 53.8 Å². The van der Waals surface area contributed by atoms with Crippen LogP contribution in [0.25, 0.3) is 0 Å². The van der Waals surface area contributed by atoms with E-state index in [9.17, 15) is 0 Å². The van der Waals surface area contributed by atoms with Crippen molar-refractivity contribution in [2.45, 2.75) is 5.54 Å². The van der Waals surface area contributed by atoms with E-state index in [-0.39, 0.29) is 0 Å². The number of rotatable bonds is 3. The topological polar surface area (TPSA) is 109 Å². The molecule has 6 N–H and O–H groups in total. The van der Waals surface area contributed by atoms with Gasteiger partial charge in [0.15, 0.2) is 0 Å². The highest BCUT2D eigenvalue weighted by Crippen LogP contribution is 1.93. The third-order valence-electron chi connectivity index (χ3n) is 1.19. The van der Waals surface area contributed by atoms with Crippen molar-refractivity contribution in [3.8, 4) is 0 Å². The smallest absolute Gasteiger partial charge is 0.0856 e. The Morgan fingerprint density at radius 1 is 1.09 bits per heavy atom. The molecule has 0 atom stereocenters. The van der Waals surface area contributed by atoms with Crippen molar-refractivity contribution in [3.63, 3.8) is 0 Å². The molecule has 0 aromatic rings. The lowest BCUT2D eigenvalue weighted by molar-refractivity contribution is 0.0698. The molecule has 1 saturated heterocycles. The molecule has 0 unspecified atom stereocenters. The van der Waals surface area contributed by atoms with Crippen molar-refractivity contribution < 1.29 is 15.3 Å². The third-order valence-corrected chi connectivity index (χ3v) is 1.19. The predicted octanol–water partition coefficient (Wildman–Crippen LogP) is -2.75. The fourth-order valence-electron chi connectivity index (χ4n) is 0.150. The summed E-state index contributed by atoms with van der Waals surface area (Å²) < 4.78 is 0. The molecule has 1 fully saturated rings. The van der Waals surface area contributed by atoms with Crippen molar-refractivity contribution in [1.82, 2.24) is 5.32 Å². The van der Waals surface area contributed by atoms with Gasteiger partial charge >= 0.3 is 0 Å². The number of aliphatic hydroxyl groups excluding tert-OH is 3. The van der Waals surface area contributed by atoms with Crippen molar-refractivity contribution in [2.75, 3.05) is 32.9 Å². The second kappa shape index (κ2) is 5.45. The van der Waals surface area contributed by atoms with Crippen molar-refractivity contribution in [1.29, 1.82) is 0 Å². The van der Waals surface area contributed by atoms with Crippen LogP contribution in [0.2, 0.25) is 0 Å². The first kappa shape index (κ1) is 10.8. The number of aliphatic hydroxyl groups is 3. The van der Waals surface area contributed by atoms with E-state index >= 15 is 0 Å². The highest BCUT2D eigenvalue weighted by Gasteiger charge is 2.20. The maximum absolute atomic E-state index is 8.34. The maximum Gasteiger partial charge on any atom is 0.0856 e. The van der Waals surface area contributed by atoms with Gasteiger partial charge in [-0.15, -0.1) is 0 Å². The summed E-state index contributed by atoms with van der Waals surface area (Å²) in [5.74, 6) is 0. The van der Waals surface area contributed by atoms with E-state index in [0.29, 0.717) is 0 Å². The average Bonchev–Trinajstić information content (AvgIpc) is 2.89. The van der Waals surface area contributed by atoms with E-state index in [2.05, 4.69) is 5.32 Å². The van der Waals surface area contributed by atoms with Crippen molar-refractivity contribution in [2.24, 2.45) is 5.73 Å². The van der Waals surface area contributed by atoms with Crippen LogP contribution in [0.4, 0.5) is 0 Å². The zero-order valence-electron chi connectivity index (χ0n) is 6.45. The van der Waals surface area contributed by atoms with Gasteiger partial charge < -0.3 is 26.4 Å². The summed E-state index contributed by atoms with van der Waals surface area (Å²) >= 11 is 0. The molecule has 0 radical (unpaired) electrons. The maximum atomic E-state index is 8.34. The average molecular weight is 164 g/mol. The minimum atomic E-state index is -1.21. The van der Waals surface area contributed by atoms with E-state index < -0.39 is 25.4 Å². The lowest BCUT2D eigenvalue weighted by Crippen LogP contribution is -2.50. The molecule has 68 valence electrons. The molecule has 11 heavy (non-hydrogen) atoms. The van der Waals surface area contributed by atoms with Gasteiger partial charge in [0.2, 0.25) is 0 Å². The molecule has 0 aromatic carbocycles. The van der Waals surface area contributed by atoms with E-state index in [0.717, 1.165) is 0 Å². The largest absolute Gasteiger partial charge is 0.394 e.